The van der Waals surface area contributed by atoms with Gasteiger partial charge in [-0.2, -0.15) is 4.31 Å². The SMILES string of the molecule is CC(C)c1ccc(CN(CC(=O)N2CCN(S(=O)(=O)c3cccs3)CC2)C2CC2)cc1. The molecule has 0 spiro atoms. The third-order valence-electron chi connectivity index (χ3n) is 6.11. The molecule has 0 bridgehead atoms. The van der Waals surface area contributed by atoms with E-state index in [0.29, 0.717) is 48.9 Å². The van der Waals surface area contributed by atoms with E-state index in [1.165, 1.54) is 26.8 Å². The van der Waals surface area contributed by atoms with E-state index in [-0.39, 0.29) is 5.91 Å². The van der Waals surface area contributed by atoms with Gasteiger partial charge in [-0.05, 0) is 41.3 Å². The maximum atomic E-state index is 13.0. The van der Waals surface area contributed by atoms with Crippen LogP contribution in [0.25, 0.3) is 0 Å². The van der Waals surface area contributed by atoms with E-state index in [1.54, 1.807) is 17.5 Å². The fourth-order valence-electron chi connectivity index (χ4n) is 3.99. The summed E-state index contributed by atoms with van der Waals surface area (Å²) in [6.07, 6.45) is 2.29. The Morgan fingerprint density at radius 2 is 1.77 bits per heavy atom. The number of rotatable bonds is 8. The highest BCUT2D eigenvalue weighted by Gasteiger charge is 2.34. The molecular formula is C23H31N3O3S2. The normalized spacial score (nSPS) is 18.1. The van der Waals surface area contributed by atoms with E-state index in [9.17, 15) is 13.2 Å². The molecule has 6 nitrogen and oxygen atoms in total. The molecule has 0 unspecified atom stereocenters. The second kappa shape index (κ2) is 9.40. The van der Waals surface area contributed by atoms with Crippen LogP contribution in [0.2, 0.25) is 0 Å². The maximum Gasteiger partial charge on any atom is 0.252 e. The highest BCUT2D eigenvalue weighted by Crippen LogP contribution is 2.29. The first-order valence-electron chi connectivity index (χ1n) is 11.0. The first kappa shape index (κ1) is 22.5. The number of carbonyl (C=O) groups excluding carboxylic acids is 1. The van der Waals surface area contributed by atoms with Crippen LogP contribution in [0, 0.1) is 0 Å². The fraction of sp³-hybridized carbons (Fsp3) is 0.522. The summed E-state index contributed by atoms with van der Waals surface area (Å²) in [6, 6.07) is 12.6. The van der Waals surface area contributed by atoms with Crippen LogP contribution >= 0.6 is 11.3 Å². The molecule has 0 atom stereocenters. The number of benzene rings is 1. The van der Waals surface area contributed by atoms with Crippen molar-refractivity contribution in [1.82, 2.24) is 14.1 Å². The van der Waals surface area contributed by atoms with E-state index < -0.39 is 10.0 Å². The summed E-state index contributed by atoms with van der Waals surface area (Å²) >= 11 is 1.24. The molecule has 4 rings (SSSR count). The summed E-state index contributed by atoms with van der Waals surface area (Å²) in [6.45, 7) is 7.16. The number of hydrogen-bond acceptors (Lipinski definition) is 5. The highest BCUT2D eigenvalue weighted by atomic mass is 32.2. The zero-order chi connectivity index (χ0) is 22.0. The minimum absolute atomic E-state index is 0.0962. The van der Waals surface area contributed by atoms with Gasteiger partial charge in [-0.15, -0.1) is 11.3 Å². The minimum Gasteiger partial charge on any atom is -0.339 e. The van der Waals surface area contributed by atoms with Crippen molar-refractivity contribution >= 4 is 27.3 Å². The van der Waals surface area contributed by atoms with Gasteiger partial charge >= 0.3 is 0 Å². The van der Waals surface area contributed by atoms with Crippen LogP contribution in [0.1, 0.15) is 43.7 Å². The molecular weight excluding hydrogens is 430 g/mol. The molecule has 2 fully saturated rings. The second-order valence-electron chi connectivity index (χ2n) is 8.75. The highest BCUT2D eigenvalue weighted by molar-refractivity contribution is 7.91. The Kier molecular flexibility index (Phi) is 6.81. The number of hydrogen-bond donors (Lipinski definition) is 0. The van der Waals surface area contributed by atoms with E-state index in [2.05, 4.69) is 43.0 Å². The van der Waals surface area contributed by atoms with E-state index in [1.807, 2.05) is 4.90 Å². The lowest BCUT2D eigenvalue weighted by Crippen LogP contribution is -2.52. The molecule has 0 N–H and O–H groups in total. The smallest absolute Gasteiger partial charge is 0.252 e. The first-order chi connectivity index (χ1) is 14.8. The fourth-order valence-corrected chi connectivity index (χ4v) is 6.55. The number of piperazine rings is 1. The molecule has 2 aromatic rings. The second-order valence-corrected chi connectivity index (χ2v) is 11.9. The Bertz CT molecular complexity index is 976. The summed E-state index contributed by atoms with van der Waals surface area (Å²) in [4.78, 5) is 17.1. The summed E-state index contributed by atoms with van der Waals surface area (Å²) in [7, 11) is -3.44. The van der Waals surface area contributed by atoms with E-state index >= 15 is 0 Å². The summed E-state index contributed by atoms with van der Waals surface area (Å²) in [5, 5.41) is 1.77. The lowest BCUT2D eigenvalue weighted by atomic mass is 10.0. The molecule has 1 aromatic heterocycles. The number of carbonyl (C=O) groups is 1. The lowest BCUT2D eigenvalue weighted by Gasteiger charge is -2.35. The van der Waals surface area contributed by atoms with Crippen molar-refractivity contribution in [2.75, 3.05) is 32.7 Å². The van der Waals surface area contributed by atoms with Crippen molar-refractivity contribution in [2.24, 2.45) is 0 Å². The largest absolute Gasteiger partial charge is 0.339 e. The molecule has 1 saturated heterocycles. The third kappa shape index (κ3) is 5.37. The first-order valence-corrected chi connectivity index (χ1v) is 13.3. The van der Waals surface area contributed by atoms with Gasteiger partial charge in [-0.3, -0.25) is 9.69 Å². The van der Waals surface area contributed by atoms with Crippen molar-refractivity contribution in [3.05, 3.63) is 52.9 Å². The van der Waals surface area contributed by atoms with Crippen LogP contribution in [-0.2, 0) is 21.4 Å². The van der Waals surface area contributed by atoms with Gasteiger partial charge in [0.25, 0.3) is 10.0 Å². The molecule has 1 aliphatic heterocycles. The standard InChI is InChI=1S/C23H31N3O3S2/c1-18(2)20-7-5-19(6-8-20)16-25(21-9-10-21)17-22(27)24-11-13-26(14-12-24)31(28,29)23-4-3-15-30-23/h3-8,15,18,21H,9-14,16-17H2,1-2H3. The van der Waals surface area contributed by atoms with E-state index in [0.717, 1.165) is 19.4 Å². The average molecular weight is 462 g/mol. The van der Waals surface area contributed by atoms with Gasteiger partial charge in [0, 0.05) is 38.8 Å². The Balaban J connectivity index is 1.33. The van der Waals surface area contributed by atoms with Crippen molar-refractivity contribution in [3.8, 4) is 0 Å². The van der Waals surface area contributed by atoms with Crippen LogP contribution in [-0.4, -0.2) is 67.2 Å². The number of amides is 1. The predicted molar refractivity (Wildman–Crippen MR) is 124 cm³/mol. The van der Waals surface area contributed by atoms with Crippen LogP contribution in [0.5, 0.6) is 0 Å². The molecule has 1 saturated carbocycles. The van der Waals surface area contributed by atoms with Crippen LogP contribution in [0.4, 0.5) is 0 Å². The monoisotopic (exact) mass is 461 g/mol. The number of thiophene rings is 1. The molecule has 31 heavy (non-hydrogen) atoms. The average Bonchev–Trinajstić information content (AvgIpc) is 3.46. The maximum absolute atomic E-state index is 13.0. The predicted octanol–water partition coefficient (Wildman–Crippen LogP) is 3.37. The van der Waals surface area contributed by atoms with Gasteiger partial charge in [-0.25, -0.2) is 8.42 Å². The van der Waals surface area contributed by atoms with Gasteiger partial charge in [0.1, 0.15) is 4.21 Å². The van der Waals surface area contributed by atoms with Crippen LogP contribution in [0.3, 0.4) is 0 Å². The Labute approximate surface area is 189 Å². The molecule has 1 aromatic carbocycles. The molecule has 8 heteroatoms. The van der Waals surface area contributed by atoms with Crippen molar-refractivity contribution in [2.45, 2.75) is 49.4 Å². The summed E-state index contributed by atoms with van der Waals surface area (Å²) < 4.78 is 27.3. The van der Waals surface area contributed by atoms with Crippen molar-refractivity contribution in [3.63, 3.8) is 0 Å². The minimum atomic E-state index is -3.44. The quantitative estimate of drug-likeness (QED) is 0.605. The summed E-state index contributed by atoms with van der Waals surface area (Å²) in [5.41, 5.74) is 2.56. The Hall–Kier alpha value is -1.74. The van der Waals surface area contributed by atoms with E-state index in [4.69, 9.17) is 0 Å². The summed E-state index contributed by atoms with van der Waals surface area (Å²) in [5.74, 6) is 0.608. The van der Waals surface area contributed by atoms with Crippen molar-refractivity contribution < 1.29 is 13.2 Å². The van der Waals surface area contributed by atoms with Crippen LogP contribution in [0.15, 0.2) is 46.0 Å². The van der Waals surface area contributed by atoms with Gasteiger partial charge < -0.3 is 4.90 Å². The molecule has 1 aliphatic carbocycles. The number of nitrogens with zero attached hydrogens (tertiary/aromatic N) is 3. The molecule has 0 radical (unpaired) electrons. The molecule has 2 aliphatic rings. The zero-order valence-electron chi connectivity index (χ0n) is 18.2. The van der Waals surface area contributed by atoms with Gasteiger partial charge in [0.05, 0.1) is 6.54 Å². The van der Waals surface area contributed by atoms with Gasteiger partial charge in [0.15, 0.2) is 0 Å². The molecule has 168 valence electrons. The van der Waals surface area contributed by atoms with Crippen molar-refractivity contribution in [1.29, 1.82) is 0 Å². The van der Waals surface area contributed by atoms with Crippen LogP contribution < -0.4 is 0 Å². The third-order valence-corrected chi connectivity index (χ3v) is 9.39. The molecule has 2 heterocycles. The lowest BCUT2D eigenvalue weighted by molar-refractivity contribution is -0.133. The number of sulfonamides is 1. The van der Waals surface area contributed by atoms with Gasteiger partial charge in [-0.1, -0.05) is 44.2 Å². The molecule has 1 amide bonds. The van der Waals surface area contributed by atoms with Gasteiger partial charge in [0.2, 0.25) is 5.91 Å². The Morgan fingerprint density at radius 1 is 1.10 bits per heavy atom. The topological polar surface area (TPSA) is 60.9 Å². The Morgan fingerprint density at radius 3 is 2.32 bits per heavy atom. The zero-order valence-corrected chi connectivity index (χ0v) is 19.9.